The zero-order valence-electron chi connectivity index (χ0n) is 20.4. The first-order valence-corrected chi connectivity index (χ1v) is 15.8. The Balaban J connectivity index is 1.27. The molecule has 0 bridgehead atoms. The van der Waals surface area contributed by atoms with Crippen molar-refractivity contribution in [2.45, 2.75) is 51.9 Å². The average Bonchev–Trinajstić information content (AvgIpc) is 3.68. The van der Waals surface area contributed by atoms with E-state index in [0.29, 0.717) is 17.0 Å². The Labute approximate surface area is 228 Å². The fourth-order valence-corrected chi connectivity index (χ4v) is 8.78. The third kappa shape index (κ3) is 5.21. The van der Waals surface area contributed by atoms with Crippen LogP contribution in [0.1, 0.15) is 70.4 Å². The molecule has 3 nitrogen and oxygen atoms in total. The number of carbonyl (C=O) groups excluding carboxylic acids is 2. The second-order valence-corrected chi connectivity index (χ2v) is 13.3. The van der Waals surface area contributed by atoms with Gasteiger partial charge in [-0.1, -0.05) is 32.3 Å². The van der Waals surface area contributed by atoms with Gasteiger partial charge in [0.05, 0.1) is 5.56 Å². The summed E-state index contributed by atoms with van der Waals surface area (Å²) < 4.78 is 0. The van der Waals surface area contributed by atoms with E-state index in [4.69, 9.17) is 0 Å². The molecule has 0 aromatic carbocycles. The van der Waals surface area contributed by atoms with Gasteiger partial charge < -0.3 is 0 Å². The van der Waals surface area contributed by atoms with Crippen LogP contribution in [0.15, 0.2) is 55.1 Å². The molecule has 5 rings (SSSR count). The van der Waals surface area contributed by atoms with Crippen LogP contribution in [0.3, 0.4) is 0 Å². The van der Waals surface area contributed by atoms with Gasteiger partial charge >= 0.3 is 0 Å². The van der Waals surface area contributed by atoms with E-state index in [1.54, 1.807) is 11.3 Å². The lowest BCUT2D eigenvalue weighted by Gasteiger charge is -2.13. The molecular formula is C29H29NO2S4. The van der Waals surface area contributed by atoms with Crippen molar-refractivity contribution in [3.8, 4) is 29.3 Å². The molecular weight excluding hydrogens is 523 g/mol. The van der Waals surface area contributed by atoms with Gasteiger partial charge in [-0.05, 0) is 68.1 Å². The Hall–Kier alpha value is -2.32. The van der Waals surface area contributed by atoms with Crippen molar-refractivity contribution in [2.75, 3.05) is 6.54 Å². The van der Waals surface area contributed by atoms with Gasteiger partial charge in [-0.2, -0.15) is 0 Å². The second kappa shape index (κ2) is 11.4. The van der Waals surface area contributed by atoms with E-state index >= 15 is 0 Å². The summed E-state index contributed by atoms with van der Waals surface area (Å²) in [6.07, 6.45) is 9.51. The predicted octanol–water partition coefficient (Wildman–Crippen LogP) is 9.62. The van der Waals surface area contributed by atoms with Gasteiger partial charge in [0.1, 0.15) is 4.88 Å². The largest absolute Gasteiger partial charge is 0.274 e. The first-order chi connectivity index (χ1) is 17.6. The SMILES string of the molecule is C=CCCCc1ccc(-c2ccc(-c3ccc(-c4cc5c(s4)C(=O)N(CCCCCC)C5=O)s3)s2)s1. The molecule has 7 heteroatoms. The molecule has 4 aromatic heterocycles. The summed E-state index contributed by atoms with van der Waals surface area (Å²) in [6.45, 7) is 6.49. The van der Waals surface area contributed by atoms with Gasteiger partial charge in [0.2, 0.25) is 0 Å². The maximum Gasteiger partial charge on any atom is 0.271 e. The highest BCUT2D eigenvalue weighted by Gasteiger charge is 2.37. The molecule has 1 aliphatic heterocycles. The van der Waals surface area contributed by atoms with Crippen molar-refractivity contribution < 1.29 is 9.59 Å². The average molecular weight is 552 g/mol. The third-order valence-electron chi connectivity index (χ3n) is 6.32. The fraction of sp³-hybridized carbons (Fsp3) is 0.310. The predicted molar refractivity (Wildman–Crippen MR) is 157 cm³/mol. The van der Waals surface area contributed by atoms with E-state index in [1.165, 1.54) is 40.6 Å². The first kappa shape index (κ1) is 25.3. The number of unbranched alkanes of at least 4 members (excludes halogenated alkanes) is 4. The minimum atomic E-state index is -0.131. The molecule has 2 amide bonds. The number of thiophene rings is 4. The molecule has 0 saturated heterocycles. The number of fused-ring (bicyclic) bond motifs is 1. The molecule has 1 aliphatic rings. The van der Waals surface area contributed by atoms with E-state index in [0.717, 1.165) is 54.7 Å². The Morgan fingerprint density at radius 2 is 1.39 bits per heavy atom. The summed E-state index contributed by atoms with van der Waals surface area (Å²) >= 11 is 6.88. The van der Waals surface area contributed by atoms with Crippen molar-refractivity contribution in [1.82, 2.24) is 4.90 Å². The van der Waals surface area contributed by atoms with E-state index in [9.17, 15) is 9.59 Å². The van der Waals surface area contributed by atoms with Crippen LogP contribution < -0.4 is 0 Å². The number of imide groups is 1. The van der Waals surface area contributed by atoms with Crippen molar-refractivity contribution in [3.05, 3.63) is 70.4 Å². The van der Waals surface area contributed by atoms with Crippen LogP contribution in [0.25, 0.3) is 29.3 Å². The number of amides is 2. The number of hydrogen-bond acceptors (Lipinski definition) is 6. The Morgan fingerprint density at radius 1 is 0.750 bits per heavy atom. The first-order valence-electron chi connectivity index (χ1n) is 12.5. The Kier molecular flexibility index (Phi) is 8.01. The quantitative estimate of drug-likeness (QED) is 0.0998. The van der Waals surface area contributed by atoms with Crippen molar-refractivity contribution in [3.63, 3.8) is 0 Å². The Morgan fingerprint density at radius 3 is 2.03 bits per heavy atom. The standard InChI is InChI=1S/C29H29NO2S4/c1-3-5-7-9-17-30-28(31)20-18-26(36-27(20)29(30)32)25-16-15-24(35-25)23-14-13-22(34-23)21-12-11-19(33-21)10-8-6-4-2/h4,11-16,18H,2-3,5-10,17H2,1H3. The maximum absolute atomic E-state index is 12.9. The van der Waals surface area contributed by atoms with Gasteiger partial charge in [0.25, 0.3) is 11.8 Å². The molecule has 0 N–H and O–H groups in total. The van der Waals surface area contributed by atoms with E-state index < -0.39 is 0 Å². The molecule has 0 aliphatic carbocycles. The number of allylic oxidation sites excluding steroid dienone is 1. The maximum atomic E-state index is 12.9. The van der Waals surface area contributed by atoms with Crippen molar-refractivity contribution >= 4 is 57.2 Å². The molecule has 36 heavy (non-hydrogen) atoms. The summed E-state index contributed by atoms with van der Waals surface area (Å²) in [5, 5.41) is 0. The molecule has 0 radical (unpaired) electrons. The molecule has 0 fully saturated rings. The normalized spacial score (nSPS) is 13.1. The number of aryl methyl sites for hydroxylation is 1. The summed E-state index contributed by atoms with van der Waals surface area (Å²) in [5.41, 5.74) is 0.574. The highest BCUT2D eigenvalue weighted by atomic mass is 32.1. The lowest BCUT2D eigenvalue weighted by molar-refractivity contribution is 0.0653. The zero-order valence-corrected chi connectivity index (χ0v) is 23.6. The monoisotopic (exact) mass is 551 g/mol. The number of hydrogen-bond donors (Lipinski definition) is 0. The van der Waals surface area contributed by atoms with Crippen molar-refractivity contribution in [2.24, 2.45) is 0 Å². The van der Waals surface area contributed by atoms with Crippen LogP contribution in [-0.2, 0) is 6.42 Å². The summed E-state index contributed by atoms with van der Waals surface area (Å²) in [7, 11) is 0. The highest BCUT2D eigenvalue weighted by Crippen LogP contribution is 2.44. The summed E-state index contributed by atoms with van der Waals surface area (Å²) in [4.78, 5) is 36.4. The van der Waals surface area contributed by atoms with E-state index in [-0.39, 0.29) is 11.8 Å². The van der Waals surface area contributed by atoms with E-state index in [1.807, 2.05) is 34.8 Å². The topological polar surface area (TPSA) is 37.4 Å². The van der Waals surface area contributed by atoms with Crippen LogP contribution in [-0.4, -0.2) is 23.3 Å². The smallest absolute Gasteiger partial charge is 0.271 e. The molecule has 186 valence electrons. The van der Waals surface area contributed by atoms with Gasteiger partial charge in [-0.3, -0.25) is 14.5 Å². The molecule has 4 aromatic rings. The van der Waals surface area contributed by atoms with Crippen LogP contribution in [0.4, 0.5) is 0 Å². The van der Waals surface area contributed by atoms with Crippen LogP contribution in [0.5, 0.6) is 0 Å². The zero-order chi connectivity index (χ0) is 25.1. The van der Waals surface area contributed by atoms with Gasteiger partial charge in [0.15, 0.2) is 0 Å². The fourth-order valence-electron chi connectivity index (χ4n) is 4.36. The van der Waals surface area contributed by atoms with Crippen LogP contribution in [0.2, 0.25) is 0 Å². The third-order valence-corrected chi connectivity index (χ3v) is 11.3. The molecule has 5 heterocycles. The number of carbonyl (C=O) groups is 2. The number of nitrogens with zero attached hydrogens (tertiary/aromatic N) is 1. The molecule has 0 spiro atoms. The number of rotatable bonds is 12. The van der Waals surface area contributed by atoms with Crippen LogP contribution >= 0.6 is 45.3 Å². The minimum Gasteiger partial charge on any atom is -0.274 e. The van der Waals surface area contributed by atoms with Crippen molar-refractivity contribution in [1.29, 1.82) is 0 Å². The summed E-state index contributed by atoms with van der Waals surface area (Å²) in [5.74, 6) is -0.254. The second-order valence-electron chi connectivity index (χ2n) is 8.95. The van der Waals surface area contributed by atoms with Gasteiger partial charge in [-0.15, -0.1) is 51.9 Å². The Bertz CT molecular complexity index is 1350. The lowest BCUT2D eigenvalue weighted by Crippen LogP contribution is -2.30. The van der Waals surface area contributed by atoms with Gasteiger partial charge in [-0.25, -0.2) is 0 Å². The lowest BCUT2D eigenvalue weighted by atomic mass is 10.2. The van der Waals surface area contributed by atoms with Gasteiger partial charge in [0, 0.05) is 40.7 Å². The highest BCUT2D eigenvalue weighted by molar-refractivity contribution is 7.28. The molecule has 0 saturated carbocycles. The van der Waals surface area contributed by atoms with Crippen LogP contribution in [0, 0.1) is 0 Å². The summed E-state index contributed by atoms with van der Waals surface area (Å²) in [6, 6.07) is 15.1. The molecule has 0 atom stereocenters. The minimum absolute atomic E-state index is 0.123. The molecule has 0 unspecified atom stereocenters. The van der Waals surface area contributed by atoms with E-state index in [2.05, 4.69) is 49.9 Å².